The third-order valence-corrected chi connectivity index (χ3v) is 4.75. The molecule has 0 unspecified atom stereocenters. The number of unbranched alkanes of at least 4 members (excludes halogenated alkanes) is 12. The van der Waals surface area contributed by atoms with Crippen molar-refractivity contribution in [1.29, 1.82) is 0 Å². The summed E-state index contributed by atoms with van der Waals surface area (Å²) in [7, 11) is 0. The van der Waals surface area contributed by atoms with Crippen molar-refractivity contribution in [3.63, 3.8) is 0 Å². The SMILES string of the molecule is CCCCCCCCCCCCCCCC(=O)NCCNCCO.O=C([O-])CCl.[Na+]. The first-order valence-corrected chi connectivity index (χ1v) is 12.0. The van der Waals surface area contributed by atoms with Crippen molar-refractivity contribution < 1.29 is 49.4 Å². The molecule has 6 nitrogen and oxygen atoms in total. The first-order chi connectivity index (χ1) is 14.1. The average Bonchev–Trinajstić information content (AvgIpc) is 2.71. The van der Waals surface area contributed by atoms with Crippen LogP contribution >= 0.6 is 11.6 Å². The molecule has 0 aromatic rings. The zero-order chi connectivity index (χ0) is 22.0. The van der Waals surface area contributed by atoms with E-state index in [2.05, 4.69) is 29.2 Å². The summed E-state index contributed by atoms with van der Waals surface area (Å²) in [6.07, 6.45) is 18.0. The van der Waals surface area contributed by atoms with Crippen LogP contribution in [0, 0.1) is 0 Å². The molecule has 0 saturated heterocycles. The van der Waals surface area contributed by atoms with Crippen LogP contribution in [0.4, 0.5) is 0 Å². The molecular formula is C22H44ClN2NaO4. The van der Waals surface area contributed by atoms with Crippen molar-refractivity contribution in [1.82, 2.24) is 10.6 Å². The molecule has 0 atom stereocenters. The second-order valence-electron chi connectivity index (χ2n) is 7.32. The zero-order valence-corrected chi connectivity index (χ0v) is 22.2. The number of alkyl halides is 1. The van der Waals surface area contributed by atoms with Crippen LogP contribution in [0.1, 0.15) is 96.8 Å². The van der Waals surface area contributed by atoms with Crippen molar-refractivity contribution in [3.8, 4) is 0 Å². The topological polar surface area (TPSA) is 101 Å². The van der Waals surface area contributed by atoms with Gasteiger partial charge in [-0.2, -0.15) is 0 Å². The number of aliphatic hydroxyl groups is 1. The quantitative estimate of drug-likeness (QED) is 0.137. The second-order valence-corrected chi connectivity index (χ2v) is 7.59. The molecule has 30 heavy (non-hydrogen) atoms. The van der Waals surface area contributed by atoms with Crippen LogP contribution in [0.15, 0.2) is 0 Å². The van der Waals surface area contributed by atoms with Gasteiger partial charge in [0.1, 0.15) is 0 Å². The Balaban J connectivity index is -0.00000108. The van der Waals surface area contributed by atoms with Crippen LogP contribution in [0.2, 0.25) is 0 Å². The van der Waals surface area contributed by atoms with E-state index >= 15 is 0 Å². The first kappa shape index (κ1) is 34.8. The summed E-state index contributed by atoms with van der Waals surface area (Å²) in [4.78, 5) is 20.7. The van der Waals surface area contributed by atoms with E-state index in [0.29, 0.717) is 19.5 Å². The van der Waals surface area contributed by atoms with Gasteiger partial charge in [-0.15, -0.1) is 11.6 Å². The number of carboxylic acids is 1. The predicted molar refractivity (Wildman–Crippen MR) is 119 cm³/mol. The molecule has 0 saturated carbocycles. The maximum atomic E-state index is 11.6. The standard InChI is InChI=1S/C20H42N2O2.C2H3ClO2.Na/c1-2-3-4-5-6-7-8-9-10-11-12-13-14-15-20(24)22-17-16-21-18-19-23;3-1-2(4)5;/h21,23H,2-19H2,1H3,(H,22,24);1H2,(H,4,5);/q;;+1/p-1. The van der Waals surface area contributed by atoms with Gasteiger partial charge in [-0.3, -0.25) is 4.79 Å². The summed E-state index contributed by atoms with van der Waals surface area (Å²) >= 11 is 4.67. The van der Waals surface area contributed by atoms with Crippen molar-refractivity contribution in [2.45, 2.75) is 96.8 Å². The number of amides is 1. The van der Waals surface area contributed by atoms with Gasteiger partial charge in [0.2, 0.25) is 5.91 Å². The molecule has 0 bridgehead atoms. The number of nitrogens with one attached hydrogen (secondary N) is 2. The first-order valence-electron chi connectivity index (χ1n) is 11.4. The fraction of sp³-hybridized carbons (Fsp3) is 0.909. The number of hydrogen-bond donors (Lipinski definition) is 3. The minimum absolute atomic E-state index is 0. The van der Waals surface area contributed by atoms with Crippen LogP contribution < -0.4 is 45.3 Å². The number of halogens is 1. The summed E-state index contributed by atoms with van der Waals surface area (Å²) < 4.78 is 0. The van der Waals surface area contributed by atoms with Gasteiger partial charge in [0, 0.05) is 26.1 Å². The normalized spacial score (nSPS) is 9.97. The summed E-state index contributed by atoms with van der Waals surface area (Å²) in [6.45, 7) is 4.38. The minimum Gasteiger partial charge on any atom is -0.549 e. The van der Waals surface area contributed by atoms with Gasteiger partial charge in [0.05, 0.1) is 18.5 Å². The summed E-state index contributed by atoms with van der Waals surface area (Å²) in [5.41, 5.74) is 0. The Labute approximate surface area is 211 Å². The van der Waals surface area contributed by atoms with Gasteiger partial charge >= 0.3 is 29.6 Å². The molecule has 3 N–H and O–H groups in total. The molecule has 8 heteroatoms. The molecule has 0 radical (unpaired) electrons. The fourth-order valence-corrected chi connectivity index (χ4v) is 2.89. The van der Waals surface area contributed by atoms with Crippen molar-refractivity contribution >= 4 is 23.5 Å². The molecule has 0 aliphatic heterocycles. The summed E-state index contributed by atoms with van der Waals surface area (Å²) in [5, 5.41) is 23.7. The third-order valence-electron chi connectivity index (χ3n) is 4.53. The molecule has 174 valence electrons. The molecule has 1 amide bonds. The second kappa shape index (κ2) is 31.3. The number of hydrogen-bond acceptors (Lipinski definition) is 5. The van der Waals surface area contributed by atoms with Crippen molar-refractivity contribution in [3.05, 3.63) is 0 Å². The molecule has 0 aliphatic carbocycles. The maximum absolute atomic E-state index is 11.6. The van der Waals surface area contributed by atoms with Gasteiger partial charge < -0.3 is 25.6 Å². The van der Waals surface area contributed by atoms with Gasteiger partial charge in [0.15, 0.2) is 0 Å². The fourth-order valence-electron chi connectivity index (χ4n) is 2.89. The minimum atomic E-state index is -1.23. The number of carboxylic acid groups (broad SMARTS) is 1. The van der Waals surface area contributed by atoms with Crippen LogP contribution in [-0.4, -0.2) is 49.1 Å². The van der Waals surface area contributed by atoms with E-state index in [1.54, 1.807) is 0 Å². The van der Waals surface area contributed by atoms with E-state index in [-0.39, 0.29) is 42.1 Å². The van der Waals surface area contributed by atoms with Gasteiger partial charge in [-0.05, 0) is 6.42 Å². The monoisotopic (exact) mass is 458 g/mol. The molecule has 0 heterocycles. The van der Waals surface area contributed by atoms with Crippen LogP contribution in [0.5, 0.6) is 0 Å². The van der Waals surface area contributed by atoms with Gasteiger partial charge in [-0.25, -0.2) is 0 Å². The number of carbonyl (C=O) groups excluding carboxylic acids is 2. The van der Waals surface area contributed by atoms with Gasteiger partial charge in [0.25, 0.3) is 0 Å². The van der Waals surface area contributed by atoms with Gasteiger partial charge in [-0.1, -0.05) is 84.0 Å². The number of rotatable bonds is 20. The summed E-state index contributed by atoms with van der Waals surface area (Å²) in [5.74, 6) is -1.49. The van der Waals surface area contributed by atoms with E-state index in [1.807, 2.05) is 0 Å². The van der Waals surface area contributed by atoms with E-state index in [0.717, 1.165) is 13.0 Å². The van der Waals surface area contributed by atoms with E-state index in [9.17, 15) is 4.79 Å². The van der Waals surface area contributed by atoms with E-state index in [1.165, 1.54) is 77.0 Å². The molecule has 0 aromatic heterocycles. The predicted octanol–water partition coefficient (Wildman–Crippen LogP) is 0.145. The molecule has 0 spiro atoms. The molecule has 0 rings (SSSR count). The Morgan fingerprint density at radius 3 is 1.63 bits per heavy atom. The number of aliphatic carboxylic acids is 1. The molecule has 0 aliphatic rings. The van der Waals surface area contributed by atoms with E-state index < -0.39 is 11.8 Å². The smallest absolute Gasteiger partial charge is 0.549 e. The maximum Gasteiger partial charge on any atom is 1.00 e. The Bertz CT molecular complexity index is 364. The summed E-state index contributed by atoms with van der Waals surface area (Å²) in [6, 6.07) is 0. The molecule has 0 aromatic carbocycles. The average molecular weight is 459 g/mol. The molecular weight excluding hydrogens is 415 g/mol. The zero-order valence-electron chi connectivity index (χ0n) is 19.5. The largest absolute Gasteiger partial charge is 1.00 e. The third kappa shape index (κ3) is 35.6. The Hall–Kier alpha value is 0.150. The van der Waals surface area contributed by atoms with Crippen LogP contribution in [0.3, 0.4) is 0 Å². The van der Waals surface area contributed by atoms with Crippen molar-refractivity contribution in [2.75, 3.05) is 32.1 Å². The Morgan fingerprint density at radius 1 is 0.800 bits per heavy atom. The molecule has 0 fully saturated rings. The van der Waals surface area contributed by atoms with Crippen LogP contribution in [-0.2, 0) is 9.59 Å². The number of aliphatic hydroxyl groups excluding tert-OH is 1. The Kier molecular flexibility index (Phi) is 36.3. The van der Waals surface area contributed by atoms with E-state index in [4.69, 9.17) is 15.0 Å². The number of carbonyl (C=O) groups is 2. The van der Waals surface area contributed by atoms with Crippen molar-refractivity contribution in [2.24, 2.45) is 0 Å². The Morgan fingerprint density at radius 2 is 1.23 bits per heavy atom. The van der Waals surface area contributed by atoms with Crippen LogP contribution in [0.25, 0.3) is 0 Å².